The summed E-state index contributed by atoms with van der Waals surface area (Å²) in [4.78, 5) is 8.38. The Kier molecular flexibility index (Phi) is 7.09. The van der Waals surface area contributed by atoms with Crippen LogP contribution in [-0.4, -0.2) is 35.8 Å². The van der Waals surface area contributed by atoms with Crippen LogP contribution in [0, 0.1) is 0 Å². The third-order valence-electron chi connectivity index (χ3n) is 6.50. The van der Waals surface area contributed by atoms with Crippen LogP contribution < -0.4 is 5.32 Å². The van der Waals surface area contributed by atoms with Gasteiger partial charge >= 0.3 is 0 Å². The number of anilines is 1. The molecular formula is C27H29ClN4O2S. The summed E-state index contributed by atoms with van der Waals surface area (Å²) in [6.07, 6.45) is 4.83. The van der Waals surface area contributed by atoms with Crippen LogP contribution in [0.1, 0.15) is 43.1 Å². The van der Waals surface area contributed by atoms with Gasteiger partial charge in [-0.3, -0.25) is 0 Å². The van der Waals surface area contributed by atoms with Gasteiger partial charge in [0.1, 0.15) is 5.82 Å². The van der Waals surface area contributed by atoms with Crippen LogP contribution in [0.4, 0.5) is 5.69 Å². The second kappa shape index (κ2) is 10.4. The van der Waals surface area contributed by atoms with Gasteiger partial charge in [-0.2, -0.15) is 4.31 Å². The van der Waals surface area contributed by atoms with Gasteiger partial charge in [0.2, 0.25) is 10.0 Å². The fourth-order valence-corrected chi connectivity index (χ4v) is 6.46. The predicted octanol–water partition coefficient (Wildman–Crippen LogP) is 6.18. The first-order valence-corrected chi connectivity index (χ1v) is 13.9. The molecule has 0 spiro atoms. The summed E-state index contributed by atoms with van der Waals surface area (Å²) in [5.74, 6) is 0.690. The summed E-state index contributed by atoms with van der Waals surface area (Å²) in [7, 11) is -3.63. The van der Waals surface area contributed by atoms with Crippen LogP contribution >= 0.6 is 11.6 Å². The number of nitrogens with one attached hydrogen (secondary N) is 2. The second-order valence-corrected chi connectivity index (χ2v) is 11.3. The molecule has 2 N–H and O–H groups in total. The average molecular weight is 509 g/mol. The number of hydrogen-bond donors (Lipinski definition) is 2. The molecule has 1 aliphatic rings. The molecule has 3 aromatic carbocycles. The van der Waals surface area contributed by atoms with E-state index in [0.717, 1.165) is 55.4 Å². The molecule has 0 bridgehead atoms. The minimum atomic E-state index is -3.63. The fourth-order valence-electron chi connectivity index (χ4n) is 4.67. The molecule has 2 heterocycles. The first-order valence-electron chi connectivity index (χ1n) is 12.1. The van der Waals surface area contributed by atoms with Crippen molar-refractivity contribution in [3.05, 3.63) is 89.2 Å². The highest BCUT2D eigenvalue weighted by Crippen LogP contribution is 2.36. The lowest BCUT2D eigenvalue weighted by molar-refractivity contribution is 0.385. The number of halogens is 1. The number of aryl methyl sites for hydroxylation is 1. The molecule has 1 unspecified atom stereocenters. The van der Waals surface area contributed by atoms with Crippen molar-refractivity contribution < 1.29 is 8.42 Å². The summed E-state index contributed by atoms with van der Waals surface area (Å²) < 4.78 is 28.1. The van der Waals surface area contributed by atoms with E-state index >= 15 is 0 Å². The first kappa shape index (κ1) is 23.9. The van der Waals surface area contributed by atoms with Crippen molar-refractivity contribution in [1.29, 1.82) is 0 Å². The van der Waals surface area contributed by atoms with Gasteiger partial charge in [0.25, 0.3) is 0 Å². The monoisotopic (exact) mass is 508 g/mol. The Balaban J connectivity index is 1.25. The number of aromatic nitrogens is 2. The molecule has 5 rings (SSSR count). The lowest BCUT2D eigenvalue weighted by Crippen LogP contribution is -2.31. The largest absolute Gasteiger partial charge is 0.385 e. The molecule has 1 atom stereocenters. The highest BCUT2D eigenvalue weighted by Gasteiger charge is 2.37. The van der Waals surface area contributed by atoms with Gasteiger partial charge < -0.3 is 10.3 Å². The Labute approximate surface area is 211 Å². The standard InChI is InChI=1S/C27H29ClN4O2S/c28-21-11-14-23(15-12-21)35(33,34)32-18-6-10-26(32)27-30-24-16-13-22(19-25(24)31-27)29-17-5-4-9-20-7-2-1-3-8-20/h1-3,7-8,11-16,19,26,29H,4-6,9-10,17-18H2,(H,30,31). The van der Waals surface area contributed by atoms with E-state index in [9.17, 15) is 8.42 Å². The normalized spacial score (nSPS) is 16.7. The zero-order valence-electron chi connectivity index (χ0n) is 19.5. The molecular weight excluding hydrogens is 480 g/mol. The van der Waals surface area contributed by atoms with Gasteiger partial charge in [0.15, 0.2) is 0 Å². The van der Waals surface area contributed by atoms with Gasteiger partial charge in [0, 0.05) is 23.8 Å². The predicted molar refractivity (Wildman–Crippen MR) is 141 cm³/mol. The zero-order valence-corrected chi connectivity index (χ0v) is 21.0. The maximum absolute atomic E-state index is 13.3. The Morgan fingerprint density at radius 1 is 1.03 bits per heavy atom. The SMILES string of the molecule is O=S(=O)(c1ccc(Cl)cc1)N1CCCC1c1nc2ccc(NCCCCc3ccccc3)cc2[nH]1. The second-order valence-electron chi connectivity index (χ2n) is 8.95. The average Bonchev–Trinajstić information content (AvgIpc) is 3.52. The van der Waals surface area contributed by atoms with E-state index in [2.05, 4.69) is 40.6 Å². The van der Waals surface area contributed by atoms with Crippen LogP contribution in [0.3, 0.4) is 0 Å². The summed E-state index contributed by atoms with van der Waals surface area (Å²) in [6.45, 7) is 1.37. The summed E-state index contributed by atoms with van der Waals surface area (Å²) >= 11 is 5.95. The summed E-state index contributed by atoms with van der Waals surface area (Å²) in [5, 5.41) is 4.01. The Morgan fingerprint density at radius 2 is 1.83 bits per heavy atom. The summed E-state index contributed by atoms with van der Waals surface area (Å²) in [5.41, 5.74) is 4.15. The van der Waals surface area contributed by atoms with E-state index in [1.807, 2.05) is 18.2 Å². The van der Waals surface area contributed by atoms with Crippen molar-refractivity contribution in [3.8, 4) is 0 Å². The van der Waals surface area contributed by atoms with Crippen LogP contribution in [-0.2, 0) is 16.4 Å². The van der Waals surface area contributed by atoms with Crippen LogP contribution in [0.25, 0.3) is 11.0 Å². The molecule has 1 aliphatic heterocycles. The number of H-pyrrole nitrogens is 1. The lowest BCUT2D eigenvalue weighted by Gasteiger charge is -2.22. The van der Waals surface area contributed by atoms with E-state index < -0.39 is 10.0 Å². The van der Waals surface area contributed by atoms with Crippen molar-refractivity contribution >= 4 is 38.3 Å². The van der Waals surface area contributed by atoms with E-state index in [1.165, 1.54) is 5.56 Å². The number of rotatable bonds is 9. The Bertz CT molecular complexity index is 1390. The van der Waals surface area contributed by atoms with Gasteiger partial charge in [0.05, 0.1) is 22.0 Å². The number of benzene rings is 3. The molecule has 0 amide bonds. The topological polar surface area (TPSA) is 78.1 Å². The van der Waals surface area contributed by atoms with Crippen LogP contribution in [0.5, 0.6) is 0 Å². The zero-order chi connectivity index (χ0) is 24.3. The number of unbranched alkanes of at least 4 members (excludes halogenated alkanes) is 1. The minimum Gasteiger partial charge on any atom is -0.385 e. The van der Waals surface area contributed by atoms with Gasteiger partial charge in [-0.1, -0.05) is 41.9 Å². The third-order valence-corrected chi connectivity index (χ3v) is 8.68. The van der Waals surface area contributed by atoms with Crippen molar-refractivity contribution in [2.75, 3.05) is 18.4 Å². The van der Waals surface area contributed by atoms with E-state index in [4.69, 9.17) is 16.6 Å². The van der Waals surface area contributed by atoms with E-state index in [0.29, 0.717) is 17.4 Å². The molecule has 1 fully saturated rings. The molecule has 182 valence electrons. The van der Waals surface area contributed by atoms with Crippen molar-refractivity contribution in [3.63, 3.8) is 0 Å². The number of sulfonamides is 1. The van der Waals surface area contributed by atoms with Crippen molar-refractivity contribution in [2.45, 2.75) is 43.0 Å². The Hall–Kier alpha value is -2.87. The van der Waals surface area contributed by atoms with E-state index in [-0.39, 0.29) is 10.9 Å². The Morgan fingerprint density at radius 3 is 2.63 bits per heavy atom. The smallest absolute Gasteiger partial charge is 0.243 e. The van der Waals surface area contributed by atoms with Crippen molar-refractivity contribution in [2.24, 2.45) is 0 Å². The molecule has 4 aromatic rings. The molecule has 1 aromatic heterocycles. The fraction of sp³-hybridized carbons (Fsp3) is 0.296. The number of imidazole rings is 1. The molecule has 0 saturated carbocycles. The van der Waals surface area contributed by atoms with E-state index in [1.54, 1.807) is 28.6 Å². The van der Waals surface area contributed by atoms with Gasteiger partial charge in [-0.15, -0.1) is 0 Å². The molecule has 35 heavy (non-hydrogen) atoms. The molecule has 0 radical (unpaired) electrons. The summed E-state index contributed by atoms with van der Waals surface area (Å²) in [6, 6.07) is 22.6. The maximum Gasteiger partial charge on any atom is 0.243 e. The molecule has 0 aliphatic carbocycles. The number of hydrogen-bond acceptors (Lipinski definition) is 4. The molecule has 1 saturated heterocycles. The van der Waals surface area contributed by atoms with Gasteiger partial charge in [-0.05, 0) is 80.1 Å². The minimum absolute atomic E-state index is 0.253. The van der Waals surface area contributed by atoms with Crippen LogP contribution in [0.15, 0.2) is 77.7 Å². The van der Waals surface area contributed by atoms with Crippen LogP contribution in [0.2, 0.25) is 5.02 Å². The van der Waals surface area contributed by atoms with Crippen molar-refractivity contribution in [1.82, 2.24) is 14.3 Å². The quantitative estimate of drug-likeness (QED) is 0.265. The number of fused-ring (bicyclic) bond motifs is 1. The number of aromatic amines is 1. The molecule has 6 nitrogen and oxygen atoms in total. The lowest BCUT2D eigenvalue weighted by atomic mass is 10.1. The number of nitrogens with zero attached hydrogens (tertiary/aromatic N) is 2. The highest BCUT2D eigenvalue weighted by molar-refractivity contribution is 7.89. The molecule has 8 heteroatoms. The highest BCUT2D eigenvalue weighted by atomic mass is 35.5. The van der Waals surface area contributed by atoms with Gasteiger partial charge in [-0.25, -0.2) is 13.4 Å². The first-order chi connectivity index (χ1) is 17.0. The third kappa shape index (κ3) is 5.37. The maximum atomic E-state index is 13.3.